The lowest BCUT2D eigenvalue weighted by Crippen LogP contribution is -2.23. The molecule has 0 aliphatic heterocycles. The number of ether oxygens (including phenoxy) is 1. The molecule has 1 N–H and O–H groups in total. The van der Waals surface area contributed by atoms with Crippen LogP contribution in [0.2, 0.25) is 5.15 Å². The molecule has 1 aromatic rings. The molecule has 0 spiro atoms. The summed E-state index contributed by atoms with van der Waals surface area (Å²) in [5, 5.41) is 11.1. The molecule has 0 aliphatic rings. The third-order valence-electron chi connectivity index (χ3n) is 1.86. The van der Waals surface area contributed by atoms with Crippen molar-refractivity contribution < 1.29 is 4.74 Å². The van der Waals surface area contributed by atoms with E-state index in [1.165, 1.54) is 0 Å². The molecule has 1 heterocycles. The zero-order valence-corrected chi connectivity index (χ0v) is 9.08. The van der Waals surface area contributed by atoms with Gasteiger partial charge in [0.05, 0.1) is 18.5 Å². The summed E-state index contributed by atoms with van der Waals surface area (Å²) in [6.07, 6.45) is 2.62. The molecular weight excluding hydrogens is 202 g/mol. The maximum Gasteiger partial charge on any atom is 0.153 e. The average molecular weight is 216 g/mol. The third kappa shape index (κ3) is 3.47. The van der Waals surface area contributed by atoms with Crippen LogP contribution in [-0.2, 0) is 4.74 Å². The number of halogens is 1. The molecular formula is C9H14ClN3O. The van der Waals surface area contributed by atoms with E-state index in [2.05, 4.69) is 22.4 Å². The predicted molar refractivity (Wildman–Crippen MR) is 56.6 cm³/mol. The first-order valence-electron chi connectivity index (χ1n) is 4.50. The summed E-state index contributed by atoms with van der Waals surface area (Å²) in [5.74, 6) is 0. The summed E-state index contributed by atoms with van der Waals surface area (Å²) >= 11 is 5.70. The second-order valence-electron chi connectivity index (χ2n) is 2.97. The van der Waals surface area contributed by atoms with Crippen molar-refractivity contribution in [3.63, 3.8) is 0 Å². The van der Waals surface area contributed by atoms with Crippen LogP contribution >= 0.6 is 11.6 Å². The fourth-order valence-electron chi connectivity index (χ4n) is 1.12. The molecule has 1 atom stereocenters. The number of hydrogen-bond acceptors (Lipinski definition) is 4. The van der Waals surface area contributed by atoms with Crippen LogP contribution in [0.5, 0.6) is 0 Å². The molecule has 0 saturated heterocycles. The topological polar surface area (TPSA) is 47.0 Å². The second-order valence-corrected chi connectivity index (χ2v) is 3.36. The van der Waals surface area contributed by atoms with Gasteiger partial charge in [-0.3, -0.25) is 0 Å². The first-order valence-corrected chi connectivity index (χ1v) is 4.87. The fourth-order valence-corrected chi connectivity index (χ4v) is 1.28. The van der Waals surface area contributed by atoms with Crippen molar-refractivity contribution in [2.75, 3.05) is 19.0 Å². The van der Waals surface area contributed by atoms with Crippen molar-refractivity contribution >= 4 is 17.3 Å². The molecule has 0 aromatic carbocycles. The molecule has 1 aromatic heterocycles. The molecule has 0 fully saturated rings. The Morgan fingerprint density at radius 1 is 1.64 bits per heavy atom. The molecule has 14 heavy (non-hydrogen) atoms. The van der Waals surface area contributed by atoms with Crippen LogP contribution in [0.25, 0.3) is 0 Å². The van der Waals surface area contributed by atoms with Gasteiger partial charge in [-0.25, -0.2) is 0 Å². The molecule has 78 valence electrons. The van der Waals surface area contributed by atoms with Gasteiger partial charge < -0.3 is 10.1 Å². The van der Waals surface area contributed by atoms with E-state index in [-0.39, 0.29) is 6.04 Å². The van der Waals surface area contributed by atoms with Crippen LogP contribution in [-0.4, -0.2) is 30.0 Å². The summed E-state index contributed by atoms with van der Waals surface area (Å²) in [5.41, 5.74) is 0.869. The first-order chi connectivity index (χ1) is 6.76. The number of anilines is 1. The summed E-state index contributed by atoms with van der Waals surface area (Å²) < 4.78 is 5.07. The Hall–Kier alpha value is -0.870. The maximum atomic E-state index is 5.70. The lowest BCUT2D eigenvalue weighted by molar-refractivity contribution is 0.184. The van der Waals surface area contributed by atoms with Crippen LogP contribution in [0.4, 0.5) is 5.69 Å². The number of nitrogens with zero attached hydrogens (tertiary/aromatic N) is 2. The number of rotatable bonds is 5. The van der Waals surface area contributed by atoms with Crippen molar-refractivity contribution in [3.8, 4) is 0 Å². The zero-order valence-electron chi connectivity index (χ0n) is 8.33. The van der Waals surface area contributed by atoms with Crippen LogP contribution in [0, 0.1) is 0 Å². The van der Waals surface area contributed by atoms with Crippen LogP contribution < -0.4 is 5.32 Å². The van der Waals surface area contributed by atoms with Gasteiger partial charge in [-0.15, -0.1) is 5.10 Å². The number of nitrogens with one attached hydrogen (secondary N) is 1. The van der Waals surface area contributed by atoms with Crippen molar-refractivity contribution in [2.24, 2.45) is 0 Å². The predicted octanol–water partition coefficient (Wildman–Crippen LogP) is 1.97. The van der Waals surface area contributed by atoms with Crippen molar-refractivity contribution in [1.82, 2.24) is 10.2 Å². The Labute approximate surface area is 88.6 Å². The zero-order chi connectivity index (χ0) is 10.4. The van der Waals surface area contributed by atoms with Crippen molar-refractivity contribution in [3.05, 3.63) is 17.4 Å². The quantitative estimate of drug-likeness (QED) is 0.816. The Bertz CT molecular complexity index is 283. The molecule has 0 bridgehead atoms. The highest BCUT2D eigenvalue weighted by Crippen LogP contribution is 2.12. The van der Waals surface area contributed by atoms with E-state index in [0.29, 0.717) is 11.8 Å². The minimum absolute atomic E-state index is 0.278. The number of methoxy groups -OCH3 is 1. The van der Waals surface area contributed by atoms with E-state index in [1.54, 1.807) is 19.4 Å². The minimum atomic E-state index is 0.278. The lowest BCUT2D eigenvalue weighted by Gasteiger charge is -2.16. The normalized spacial score (nSPS) is 12.5. The van der Waals surface area contributed by atoms with Crippen molar-refractivity contribution in [1.29, 1.82) is 0 Å². The highest BCUT2D eigenvalue weighted by molar-refractivity contribution is 6.29. The van der Waals surface area contributed by atoms with Gasteiger partial charge in [-0.1, -0.05) is 18.5 Å². The van der Waals surface area contributed by atoms with E-state index < -0.39 is 0 Å². The average Bonchev–Trinajstić information content (AvgIpc) is 2.17. The molecule has 0 saturated carbocycles. The summed E-state index contributed by atoms with van der Waals surface area (Å²) in [7, 11) is 1.68. The fraction of sp³-hybridized carbons (Fsp3) is 0.556. The monoisotopic (exact) mass is 215 g/mol. The summed E-state index contributed by atoms with van der Waals surface area (Å²) in [6, 6.07) is 2.02. The van der Waals surface area contributed by atoms with Gasteiger partial charge >= 0.3 is 0 Å². The van der Waals surface area contributed by atoms with Crippen molar-refractivity contribution in [2.45, 2.75) is 19.4 Å². The molecule has 0 amide bonds. The highest BCUT2D eigenvalue weighted by atomic mass is 35.5. The molecule has 1 unspecified atom stereocenters. The largest absolute Gasteiger partial charge is 0.383 e. The molecule has 0 radical (unpaired) electrons. The van der Waals surface area contributed by atoms with E-state index in [0.717, 1.165) is 12.1 Å². The third-order valence-corrected chi connectivity index (χ3v) is 2.04. The SMILES string of the molecule is CCC(COC)Nc1cnnc(Cl)c1. The lowest BCUT2D eigenvalue weighted by atomic mass is 10.2. The Morgan fingerprint density at radius 3 is 3.00 bits per heavy atom. The van der Waals surface area contributed by atoms with Gasteiger partial charge in [0.15, 0.2) is 5.15 Å². The van der Waals surface area contributed by atoms with E-state index in [9.17, 15) is 0 Å². The molecule has 1 rings (SSSR count). The summed E-state index contributed by atoms with van der Waals surface area (Å²) in [6.45, 7) is 2.75. The number of aromatic nitrogens is 2. The van der Waals surface area contributed by atoms with Crippen LogP contribution in [0.15, 0.2) is 12.3 Å². The summed E-state index contributed by atoms with van der Waals surface area (Å²) in [4.78, 5) is 0. The number of hydrogen-bond donors (Lipinski definition) is 1. The standard InChI is InChI=1S/C9H14ClN3O/c1-3-7(6-14-2)12-8-4-9(10)13-11-5-8/h4-5,7H,3,6H2,1-2H3,(H,12,13). The van der Waals surface area contributed by atoms with E-state index in [1.807, 2.05) is 0 Å². The second kappa shape index (κ2) is 5.78. The molecule has 4 nitrogen and oxygen atoms in total. The Kier molecular flexibility index (Phi) is 4.62. The van der Waals surface area contributed by atoms with Gasteiger partial charge in [0.1, 0.15) is 0 Å². The van der Waals surface area contributed by atoms with Gasteiger partial charge in [-0.05, 0) is 6.42 Å². The maximum absolute atomic E-state index is 5.70. The Morgan fingerprint density at radius 2 is 2.43 bits per heavy atom. The van der Waals surface area contributed by atoms with Gasteiger partial charge in [0.2, 0.25) is 0 Å². The molecule has 5 heteroatoms. The van der Waals surface area contributed by atoms with Gasteiger partial charge in [-0.2, -0.15) is 5.10 Å². The highest BCUT2D eigenvalue weighted by Gasteiger charge is 2.05. The first kappa shape index (κ1) is 11.2. The van der Waals surface area contributed by atoms with Crippen LogP contribution in [0.3, 0.4) is 0 Å². The Balaban J connectivity index is 2.57. The van der Waals surface area contributed by atoms with Crippen LogP contribution in [0.1, 0.15) is 13.3 Å². The van der Waals surface area contributed by atoms with E-state index >= 15 is 0 Å². The van der Waals surface area contributed by atoms with Gasteiger partial charge in [0.25, 0.3) is 0 Å². The van der Waals surface area contributed by atoms with E-state index in [4.69, 9.17) is 16.3 Å². The minimum Gasteiger partial charge on any atom is -0.383 e. The molecule has 0 aliphatic carbocycles. The van der Waals surface area contributed by atoms with Gasteiger partial charge in [0, 0.05) is 19.2 Å². The smallest absolute Gasteiger partial charge is 0.153 e.